The van der Waals surface area contributed by atoms with Crippen molar-refractivity contribution in [1.29, 1.82) is 0 Å². The van der Waals surface area contributed by atoms with Crippen molar-refractivity contribution in [2.24, 2.45) is 0 Å². The zero-order valence-corrected chi connectivity index (χ0v) is 10.9. The molecule has 20 heavy (non-hydrogen) atoms. The van der Waals surface area contributed by atoms with Gasteiger partial charge in [-0.05, 0) is 18.6 Å². The Morgan fingerprint density at radius 2 is 2.05 bits per heavy atom. The van der Waals surface area contributed by atoms with Crippen molar-refractivity contribution in [3.05, 3.63) is 35.2 Å². The zero-order chi connectivity index (χ0) is 14.9. The maximum Gasteiger partial charge on any atom is 0.336 e. The van der Waals surface area contributed by atoms with Crippen LogP contribution in [0.2, 0.25) is 0 Å². The largest absolute Gasteiger partial charge is 0.478 e. The highest BCUT2D eigenvalue weighted by atomic mass is 19.2. The van der Waals surface area contributed by atoms with Gasteiger partial charge in [0.1, 0.15) is 0 Å². The number of hydrogen-bond acceptors (Lipinski definition) is 4. The van der Waals surface area contributed by atoms with Gasteiger partial charge in [-0.2, -0.15) is 4.98 Å². The van der Waals surface area contributed by atoms with Crippen LogP contribution in [0, 0.1) is 11.6 Å². The van der Waals surface area contributed by atoms with Gasteiger partial charge in [-0.3, -0.25) is 0 Å². The maximum absolute atomic E-state index is 13.3. The average Bonchev–Trinajstić information content (AvgIpc) is 2.89. The second-order valence-electron chi connectivity index (χ2n) is 4.38. The third kappa shape index (κ3) is 2.52. The Morgan fingerprint density at radius 1 is 1.40 bits per heavy atom. The fraction of sp³-hybridized carbons (Fsp3) is 0.308. The Hall–Kier alpha value is -2.31. The van der Waals surface area contributed by atoms with Gasteiger partial charge in [0.15, 0.2) is 17.5 Å². The van der Waals surface area contributed by atoms with E-state index < -0.39 is 23.2 Å². The second-order valence-corrected chi connectivity index (χ2v) is 4.38. The monoisotopic (exact) mass is 282 g/mol. The lowest BCUT2D eigenvalue weighted by atomic mass is 10.1. The van der Waals surface area contributed by atoms with Crippen molar-refractivity contribution in [2.75, 3.05) is 0 Å². The molecule has 1 N–H and O–H groups in total. The first-order valence-corrected chi connectivity index (χ1v) is 6.00. The number of nitrogens with zero attached hydrogens (tertiary/aromatic N) is 2. The molecule has 106 valence electrons. The van der Waals surface area contributed by atoms with E-state index in [0.717, 1.165) is 12.5 Å². The lowest BCUT2D eigenvalue weighted by Gasteiger charge is -2.03. The maximum atomic E-state index is 13.3. The summed E-state index contributed by atoms with van der Waals surface area (Å²) in [6.07, 6.45) is 0.766. The van der Waals surface area contributed by atoms with Crippen LogP contribution < -0.4 is 0 Å². The van der Waals surface area contributed by atoms with Gasteiger partial charge >= 0.3 is 5.97 Å². The third-order valence-electron chi connectivity index (χ3n) is 3.02. The Labute approximate surface area is 113 Å². The second kappa shape index (κ2) is 5.36. The van der Waals surface area contributed by atoms with Gasteiger partial charge in [0, 0.05) is 5.92 Å². The molecule has 0 aliphatic heterocycles. The number of carboxylic acid groups (broad SMARTS) is 1. The summed E-state index contributed by atoms with van der Waals surface area (Å²) in [5.74, 6) is -3.55. The SMILES string of the molecule is CCC(C)c1noc(-c2cc(F)c(F)cc2C(=O)O)n1. The predicted octanol–water partition coefficient (Wildman–Crippen LogP) is 3.23. The molecule has 1 aromatic carbocycles. The van der Waals surface area contributed by atoms with Crippen molar-refractivity contribution in [2.45, 2.75) is 26.2 Å². The van der Waals surface area contributed by atoms with Crippen LogP contribution in [0.1, 0.15) is 42.4 Å². The highest BCUT2D eigenvalue weighted by molar-refractivity contribution is 5.94. The predicted molar refractivity (Wildman–Crippen MR) is 65.3 cm³/mol. The summed E-state index contributed by atoms with van der Waals surface area (Å²) >= 11 is 0. The molecule has 1 aromatic heterocycles. The van der Waals surface area contributed by atoms with Crippen LogP contribution >= 0.6 is 0 Å². The van der Waals surface area contributed by atoms with Crippen molar-refractivity contribution in [3.63, 3.8) is 0 Å². The zero-order valence-electron chi connectivity index (χ0n) is 10.9. The number of carboxylic acids is 1. The molecule has 5 nitrogen and oxygen atoms in total. The topological polar surface area (TPSA) is 76.2 Å². The van der Waals surface area contributed by atoms with Crippen molar-refractivity contribution in [3.8, 4) is 11.5 Å². The van der Waals surface area contributed by atoms with Crippen LogP contribution in [-0.2, 0) is 0 Å². The van der Waals surface area contributed by atoms with E-state index in [9.17, 15) is 13.6 Å². The van der Waals surface area contributed by atoms with Gasteiger partial charge in [-0.1, -0.05) is 19.0 Å². The molecule has 2 aromatic rings. The molecular formula is C13H12F2N2O3. The van der Waals surface area contributed by atoms with Crippen molar-refractivity contribution >= 4 is 5.97 Å². The van der Waals surface area contributed by atoms with Gasteiger partial charge in [0.2, 0.25) is 0 Å². The number of benzene rings is 1. The van der Waals surface area contributed by atoms with Crippen LogP contribution in [0.25, 0.3) is 11.5 Å². The number of halogens is 2. The van der Waals surface area contributed by atoms with Crippen LogP contribution in [0.15, 0.2) is 16.7 Å². The molecule has 1 unspecified atom stereocenters. The highest BCUT2D eigenvalue weighted by Gasteiger charge is 2.22. The molecule has 0 radical (unpaired) electrons. The molecule has 7 heteroatoms. The standard InChI is InChI=1S/C13H12F2N2O3/c1-3-6(2)11-16-12(20-17-11)7-4-9(14)10(15)5-8(7)13(18)19/h4-6H,3H2,1-2H3,(H,18,19). The molecule has 0 saturated carbocycles. The van der Waals surface area contributed by atoms with Crippen LogP contribution in [0.4, 0.5) is 8.78 Å². The first-order valence-electron chi connectivity index (χ1n) is 6.00. The lowest BCUT2D eigenvalue weighted by molar-refractivity contribution is 0.0696. The van der Waals surface area contributed by atoms with E-state index in [1.807, 2.05) is 13.8 Å². The molecule has 2 rings (SSSR count). The summed E-state index contributed by atoms with van der Waals surface area (Å²) in [5.41, 5.74) is -0.568. The van der Waals surface area contributed by atoms with E-state index in [-0.39, 0.29) is 17.4 Å². The van der Waals surface area contributed by atoms with Crippen molar-refractivity contribution < 1.29 is 23.2 Å². The Balaban J connectivity index is 2.54. The minimum atomic E-state index is -1.40. The lowest BCUT2D eigenvalue weighted by Crippen LogP contribution is -2.02. The highest BCUT2D eigenvalue weighted by Crippen LogP contribution is 2.27. The molecular weight excluding hydrogens is 270 g/mol. The molecule has 1 atom stereocenters. The number of hydrogen-bond donors (Lipinski definition) is 1. The van der Waals surface area contributed by atoms with E-state index in [2.05, 4.69) is 10.1 Å². The van der Waals surface area contributed by atoms with Crippen molar-refractivity contribution in [1.82, 2.24) is 10.1 Å². The van der Waals surface area contributed by atoms with Gasteiger partial charge in [0.05, 0.1) is 11.1 Å². The van der Waals surface area contributed by atoms with E-state index in [4.69, 9.17) is 9.63 Å². The first-order chi connectivity index (χ1) is 9.43. The quantitative estimate of drug-likeness (QED) is 0.931. The van der Waals surface area contributed by atoms with E-state index in [1.165, 1.54) is 0 Å². The summed E-state index contributed by atoms with van der Waals surface area (Å²) in [5, 5.41) is 12.7. The fourth-order valence-corrected chi connectivity index (χ4v) is 1.63. The minimum absolute atomic E-state index is 0.0195. The summed E-state index contributed by atoms with van der Waals surface area (Å²) in [4.78, 5) is 15.1. The van der Waals surface area contributed by atoms with Gasteiger partial charge < -0.3 is 9.63 Å². The van der Waals surface area contributed by atoms with E-state index >= 15 is 0 Å². The number of aromatic nitrogens is 2. The average molecular weight is 282 g/mol. The number of carbonyl (C=O) groups is 1. The van der Waals surface area contributed by atoms with Crippen LogP contribution in [0.3, 0.4) is 0 Å². The minimum Gasteiger partial charge on any atom is -0.478 e. The molecule has 0 aliphatic rings. The Bertz CT molecular complexity index is 655. The molecule has 0 fully saturated rings. The van der Waals surface area contributed by atoms with Gasteiger partial charge in [-0.15, -0.1) is 0 Å². The summed E-state index contributed by atoms with van der Waals surface area (Å²) in [7, 11) is 0. The van der Waals surface area contributed by atoms with E-state index in [0.29, 0.717) is 11.9 Å². The summed E-state index contributed by atoms with van der Waals surface area (Å²) in [6, 6.07) is 1.34. The smallest absolute Gasteiger partial charge is 0.336 e. The number of rotatable bonds is 4. The summed E-state index contributed by atoms with van der Waals surface area (Å²) in [6.45, 7) is 3.80. The third-order valence-corrected chi connectivity index (χ3v) is 3.02. The number of aromatic carboxylic acids is 1. The molecule has 0 saturated heterocycles. The fourth-order valence-electron chi connectivity index (χ4n) is 1.63. The summed E-state index contributed by atoms with van der Waals surface area (Å²) < 4.78 is 31.3. The normalized spacial score (nSPS) is 12.4. The van der Waals surface area contributed by atoms with E-state index in [1.54, 1.807) is 0 Å². The van der Waals surface area contributed by atoms with Crippen LogP contribution in [-0.4, -0.2) is 21.2 Å². The molecule has 1 heterocycles. The van der Waals surface area contributed by atoms with Gasteiger partial charge in [-0.25, -0.2) is 13.6 Å². The Morgan fingerprint density at radius 3 is 2.65 bits per heavy atom. The Kier molecular flexibility index (Phi) is 3.78. The molecule has 0 aliphatic carbocycles. The first kappa shape index (κ1) is 14.1. The molecule has 0 bridgehead atoms. The van der Waals surface area contributed by atoms with Crippen LogP contribution in [0.5, 0.6) is 0 Å². The molecule has 0 amide bonds. The van der Waals surface area contributed by atoms with Gasteiger partial charge in [0.25, 0.3) is 5.89 Å². The molecule has 0 spiro atoms.